The van der Waals surface area contributed by atoms with Gasteiger partial charge in [-0.25, -0.2) is 0 Å². The van der Waals surface area contributed by atoms with Crippen molar-refractivity contribution in [2.24, 2.45) is 5.41 Å². The van der Waals surface area contributed by atoms with Crippen molar-refractivity contribution in [1.29, 1.82) is 0 Å². The molecule has 2 heterocycles. The fourth-order valence-corrected chi connectivity index (χ4v) is 1.76. The predicted octanol–water partition coefficient (Wildman–Crippen LogP) is 0.924. The molecule has 4 heteroatoms. The highest BCUT2D eigenvalue weighted by molar-refractivity contribution is 5.07. The summed E-state index contributed by atoms with van der Waals surface area (Å²) >= 11 is 0. The number of hydrogen-bond donors (Lipinski definition) is 0. The molecule has 0 amide bonds. The first-order chi connectivity index (χ1) is 6.82. The third-order valence-electron chi connectivity index (χ3n) is 2.66. The zero-order valence-corrected chi connectivity index (χ0v) is 8.40. The molecule has 0 N–H and O–H groups in total. The van der Waals surface area contributed by atoms with Crippen LogP contribution in [0.5, 0.6) is 0 Å². The monoisotopic (exact) mass is 200 g/mol. The molecule has 14 heavy (non-hydrogen) atoms. The average molecular weight is 200 g/mol. The molecule has 0 aromatic carbocycles. The van der Waals surface area contributed by atoms with Crippen molar-refractivity contribution in [3.05, 3.63) is 12.7 Å². The molecule has 2 unspecified atom stereocenters. The normalized spacial score (nSPS) is 35.2. The van der Waals surface area contributed by atoms with Crippen LogP contribution in [0.15, 0.2) is 12.7 Å². The summed E-state index contributed by atoms with van der Waals surface area (Å²) in [6.45, 7) is 8.00. The highest BCUT2D eigenvalue weighted by Crippen LogP contribution is 2.42. The Morgan fingerprint density at radius 3 is 2.79 bits per heavy atom. The van der Waals surface area contributed by atoms with E-state index in [0.717, 1.165) is 0 Å². The van der Waals surface area contributed by atoms with Crippen molar-refractivity contribution in [2.45, 2.75) is 19.3 Å². The molecule has 2 aliphatic rings. The molecule has 0 saturated carbocycles. The van der Waals surface area contributed by atoms with Gasteiger partial charge in [0.2, 0.25) is 0 Å². The predicted molar refractivity (Wildman–Crippen MR) is 49.7 cm³/mol. The van der Waals surface area contributed by atoms with Gasteiger partial charge in [-0.05, 0) is 6.92 Å². The van der Waals surface area contributed by atoms with Crippen molar-refractivity contribution >= 4 is 0 Å². The van der Waals surface area contributed by atoms with Gasteiger partial charge in [0.15, 0.2) is 6.29 Å². The first-order valence-corrected chi connectivity index (χ1v) is 4.88. The van der Waals surface area contributed by atoms with Crippen LogP contribution in [-0.2, 0) is 18.9 Å². The van der Waals surface area contributed by atoms with Crippen LogP contribution in [0.25, 0.3) is 0 Å². The Morgan fingerprint density at radius 2 is 2.21 bits per heavy atom. The first kappa shape index (κ1) is 10.1. The van der Waals surface area contributed by atoms with E-state index in [1.54, 1.807) is 0 Å². The van der Waals surface area contributed by atoms with Crippen LogP contribution in [0.3, 0.4) is 0 Å². The lowest BCUT2D eigenvalue weighted by atomic mass is 9.85. The van der Waals surface area contributed by atoms with Crippen LogP contribution < -0.4 is 0 Å². The van der Waals surface area contributed by atoms with E-state index in [4.69, 9.17) is 18.9 Å². The Bertz CT molecular complexity index is 210. The molecule has 0 aromatic rings. The second kappa shape index (κ2) is 3.98. The van der Waals surface area contributed by atoms with Gasteiger partial charge in [0.1, 0.15) is 12.9 Å². The summed E-state index contributed by atoms with van der Waals surface area (Å²) in [6.07, 6.45) is 1.79. The lowest BCUT2D eigenvalue weighted by Gasteiger charge is -2.32. The van der Waals surface area contributed by atoms with Crippen LogP contribution in [0.2, 0.25) is 0 Å². The number of epoxide rings is 1. The van der Waals surface area contributed by atoms with Gasteiger partial charge in [0.05, 0.1) is 18.6 Å². The minimum absolute atomic E-state index is 0.0419. The molecular formula is C10H16O4. The van der Waals surface area contributed by atoms with E-state index in [1.807, 2.05) is 13.0 Å². The highest BCUT2D eigenvalue weighted by atomic mass is 16.8. The van der Waals surface area contributed by atoms with Crippen molar-refractivity contribution in [1.82, 2.24) is 0 Å². The molecule has 4 nitrogen and oxygen atoms in total. The molecule has 2 atom stereocenters. The summed E-state index contributed by atoms with van der Waals surface area (Å²) in [4.78, 5) is 0. The fraction of sp³-hybridized carbons (Fsp3) is 0.800. The van der Waals surface area contributed by atoms with Gasteiger partial charge in [-0.2, -0.15) is 0 Å². The number of ether oxygens (including phenoxy) is 4. The van der Waals surface area contributed by atoms with Crippen molar-refractivity contribution in [3.63, 3.8) is 0 Å². The van der Waals surface area contributed by atoms with Gasteiger partial charge >= 0.3 is 0 Å². The molecule has 0 aromatic heterocycles. The molecular weight excluding hydrogens is 184 g/mol. The highest BCUT2D eigenvalue weighted by Gasteiger charge is 2.55. The SMILES string of the molecule is C=CC1(C2OC2OCC)COCOC1. The third-order valence-corrected chi connectivity index (χ3v) is 2.66. The molecule has 0 bridgehead atoms. The Hall–Kier alpha value is -0.420. The maximum Gasteiger partial charge on any atom is 0.185 e. The molecule has 80 valence electrons. The zero-order valence-electron chi connectivity index (χ0n) is 8.40. The van der Waals surface area contributed by atoms with Crippen molar-refractivity contribution < 1.29 is 18.9 Å². The Morgan fingerprint density at radius 1 is 1.50 bits per heavy atom. The maximum atomic E-state index is 5.44. The van der Waals surface area contributed by atoms with E-state index < -0.39 is 0 Å². The van der Waals surface area contributed by atoms with Crippen LogP contribution in [-0.4, -0.2) is 39.0 Å². The van der Waals surface area contributed by atoms with E-state index in [9.17, 15) is 0 Å². The maximum absolute atomic E-state index is 5.44. The summed E-state index contributed by atoms with van der Waals surface area (Å²) in [5.41, 5.74) is -0.224. The molecule has 0 spiro atoms. The lowest BCUT2D eigenvalue weighted by molar-refractivity contribution is -0.155. The summed E-state index contributed by atoms with van der Waals surface area (Å²) in [6, 6.07) is 0. The Labute approximate surface area is 83.8 Å². The van der Waals surface area contributed by atoms with Crippen LogP contribution in [0.4, 0.5) is 0 Å². The van der Waals surface area contributed by atoms with E-state index >= 15 is 0 Å². The minimum atomic E-state index is -0.224. The summed E-state index contributed by atoms with van der Waals surface area (Å²) in [5, 5.41) is 0. The van der Waals surface area contributed by atoms with Gasteiger partial charge in [-0.1, -0.05) is 6.08 Å². The molecule has 0 radical (unpaired) electrons. The molecule has 0 aliphatic carbocycles. The van der Waals surface area contributed by atoms with Crippen molar-refractivity contribution in [3.8, 4) is 0 Å². The van der Waals surface area contributed by atoms with E-state index in [0.29, 0.717) is 26.6 Å². The summed E-state index contributed by atoms with van der Waals surface area (Å²) in [7, 11) is 0. The Balaban J connectivity index is 1.95. The summed E-state index contributed by atoms with van der Waals surface area (Å²) in [5.74, 6) is 0. The van der Waals surface area contributed by atoms with Gasteiger partial charge < -0.3 is 18.9 Å². The molecule has 2 fully saturated rings. The second-order valence-electron chi connectivity index (χ2n) is 3.63. The second-order valence-corrected chi connectivity index (χ2v) is 3.63. The number of rotatable bonds is 4. The lowest BCUT2D eigenvalue weighted by Crippen LogP contribution is -2.41. The smallest absolute Gasteiger partial charge is 0.185 e. The van der Waals surface area contributed by atoms with Gasteiger partial charge in [-0.3, -0.25) is 0 Å². The van der Waals surface area contributed by atoms with Gasteiger partial charge in [0, 0.05) is 6.61 Å². The fourth-order valence-electron chi connectivity index (χ4n) is 1.76. The molecule has 2 saturated heterocycles. The topological polar surface area (TPSA) is 40.2 Å². The minimum Gasteiger partial charge on any atom is -0.354 e. The molecule has 2 rings (SSSR count). The van der Waals surface area contributed by atoms with E-state index in [1.165, 1.54) is 0 Å². The van der Waals surface area contributed by atoms with E-state index in [2.05, 4.69) is 6.58 Å². The summed E-state index contributed by atoms with van der Waals surface area (Å²) < 4.78 is 21.4. The molecule has 2 aliphatic heterocycles. The van der Waals surface area contributed by atoms with Crippen LogP contribution in [0, 0.1) is 5.41 Å². The standard InChI is InChI=1S/C10H16O4/c1-3-10(5-11-7-12-6-10)8-9(14-8)13-4-2/h3,8-9H,1,4-7H2,2H3. The zero-order chi connectivity index (χ0) is 10.0. The largest absolute Gasteiger partial charge is 0.354 e. The van der Waals surface area contributed by atoms with Gasteiger partial charge in [0.25, 0.3) is 0 Å². The van der Waals surface area contributed by atoms with E-state index in [-0.39, 0.29) is 17.8 Å². The quantitative estimate of drug-likeness (QED) is 0.500. The number of hydrogen-bond acceptors (Lipinski definition) is 4. The average Bonchev–Trinajstić information content (AvgIpc) is 3.00. The third kappa shape index (κ3) is 1.70. The van der Waals surface area contributed by atoms with Crippen molar-refractivity contribution in [2.75, 3.05) is 26.6 Å². The first-order valence-electron chi connectivity index (χ1n) is 4.88. The van der Waals surface area contributed by atoms with Gasteiger partial charge in [-0.15, -0.1) is 6.58 Å². The van der Waals surface area contributed by atoms with Crippen LogP contribution in [0.1, 0.15) is 6.92 Å². The van der Waals surface area contributed by atoms with Crippen LogP contribution >= 0.6 is 0 Å². The Kier molecular flexibility index (Phi) is 2.88.